The van der Waals surface area contributed by atoms with Gasteiger partial charge in [-0.3, -0.25) is 4.79 Å². The smallest absolute Gasteiger partial charge is 0.231 e. The first-order valence-electron chi connectivity index (χ1n) is 8.33. The van der Waals surface area contributed by atoms with Crippen molar-refractivity contribution < 1.29 is 13.2 Å². The molecule has 0 N–H and O–H groups in total. The Morgan fingerprint density at radius 2 is 2.04 bits per heavy atom. The van der Waals surface area contributed by atoms with Gasteiger partial charge in [0, 0.05) is 24.8 Å². The van der Waals surface area contributed by atoms with E-state index in [1.807, 2.05) is 23.1 Å². The third-order valence-corrected chi connectivity index (χ3v) is 6.78. The van der Waals surface area contributed by atoms with Crippen LogP contribution in [0.1, 0.15) is 32.3 Å². The average Bonchev–Trinajstić information content (AvgIpc) is 2.90. The number of carbonyl (C=O) groups is 1. The Kier molecular flexibility index (Phi) is 4.47. The third-order valence-electron chi connectivity index (χ3n) is 4.94. The van der Waals surface area contributed by atoms with E-state index in [1.165, 1.54) is 9.87 Å². The number of anilines is 1. The molecule has 1 aromatic carbocycles. The molecule has 2 heterocycles. The zero-order valence-corrected chi connectivity index (χ0v) is 14.6. The Hall–Kier alpha value is -1.40. The van der Waals surface area contributed by atoms with Gasteiger partial charge in [-0.25, -0.2) is 12.7 Å². The number of fused-ring (bicyclic) bond motifs is 1. The number of piperidine rings is 1. The standard InChI is InChI=1S/C17H24N2O3S/c1-3-23(21,22)18-10-6-8-15(12-18)17(20)19-13(2)11-14-7-4-5-9-16(14)19/h4-5,7,9,13,15H,3,6,8,10-12H2,1-2H3/t13-,15+/m0/s1. The highest BCUT2D eigenvalue weighted by Crippen LogP contribution is 2.34. The molecule has 0 saturated carbocycles. The Labute approximate surface area is 138 Å². The maximum absolute atomic E-state index is 13.0. The van der Waals surface area contributed by atoms with E-state index >= 15 is 0 Å². The van der Waals surface area contributed by atoms with Gasteiger partial charge in [-0.1, -0.05) is 18.2 Å². The van der Waals surface area contributed by atoms with Crippen LogP contribution in [-0.2, 0) is 21.2 Å². The van der Waals surface area contributed by atoms with Crippen LogP contribution >= 0.6 is 0 Å². The fourth-order valence-electron chi connectivity index (χ4n) is 3.68. The second-order valence-electron chi connectivity index (χ2n) is 6.49. The molecule has 126 valence electrons. The van der Waals surface area contributed by atoms with Gasteiger partial charge in [0.15, 0.2) is 0 Å². The van der Waals surface area contributed by atoms with Crippen LogP contribution < -0.4 is 4.90 Å². The number of carbonyl (C=O) groups excluding carboxylic acids is 1. The molecule has 1 fully saturated rings. The summed E-state index contributed by atoms with van der Waals surface area (Å²) in [5.74, 6) is -0.0752. The Morgan fingerprint density at radius 3 is 2.78 bits per heavy atom. The van der Waals surface area contributed by atoms with E-state index in [1.54, 1.807) is 6.92 Å². The van der Waals surface area contributed by atoms with Crippen molar-refractivity contribution in [2.75, 3.05) is 23.7 Å². The highest BCUT2D eigenvalue weighted by atomic mass is 32.2. The molecule has 1 aromatic rings. The van der Waals surface area contributed by atoms with Crippen molar-refractivity contribution in [3.63, 3.8) is 0 Å². The van der Waals surface area contributed by atoms with Crippen molar-refractivity contribution in [3.8, 4) is 0 Å². The van der Waals surface area contributed by atoms with Crippen molar-refractivity contribution in [1.29, 1.82) is 0 Å². The Morgan fingerprint density at radius 1 is 1.30 bits per heavy atom. The second kappa shape index (κ2) is 6.24. The van der Waals surface area contributed by atoms with Crippen LogP contribution in [0.5, 0.6) is 0 Å². The highest BCUT2D eigenvalue weighted by Gasteiger charge is 2.38. The van der Waals surface area contributed by atoms with Gasteiger partial charge in [0.1, 0.15) is 0 Å². The summed E-state index contributed by atoms with van der Waals surface area (Å²) in [5.41, 5.74) is 2.18. The summed E-state index contributed by atoms with van der Waals surface area (Å²) in [6.07, 6.45) is 2.38. The molecule has 0 spiro atoms. The van der Waals surface area contributed by atoms with Crippen LogP contribution in [0.25, 0.3) is 0 Å². The van der Waals surface area contributed by atoms with Gasteiger partial charge in [-0.05, 0) is 44.7 Å². The summed E-state index contributed by atoms with van der Waals surface area (Å²) >= 11 is 0. The quantitative estimate of drug-likeness (QED) is 0.848. The predicted octanol–water partition coefficient (Wildman–Crippen LogP) is 2.03. The maximum atomic E-state index is 13.0. The molecule has 1 saturated heterocycles. The Balaban J connectivity index is 1.81. The van der Waals surface area contributed by atoms with E-state index < -0.39 is 10.0 Å². The molecule has 0 aromatic heterocycles. The first kappa shape index (κ1) is 16.5. The lowest BCUT2D eigenvalue weighted by Crippen LogP contribution is -2.48. The van der Waals surface area contributed by atoms with E-state index in [0.717, 1.165) is 24.9 Å². The minimum Gasteiger partial charge on any atom is -0.309 e. The normalized spacial score (nSPS) is 25.4. The first-order valence-corrected chi connectivity index (χ1v) is 9.93. The molecule has 2 aliphatic rings. The third kappa shape index (κ3) is 3.02. The number of rotatable bonds is 3. The molecule has 5 nitrogen and oxygen atoms in total. The van der Waals surface area contributed by atoms with E-state index in [4.69, 9.17) is 0 Å². The summed E-state index contributed by atoms with van der Waals surface area (Å²) < 4.78 is 25.7. The second-order valence-corrected chi connectivity index (χ2v) is 8.75. The Bertz CT molecular complexity index is 702. The van der Waals surface area contributed by atoms with Gasteiger partial charge in [-0.15, -0.1) is 0 Å². The summed E-state index contributed by atoms with van der Waals surface area (Å²) in [6, 6.07) is 8.13. The summed E-state index contributed by atoms with van der Waals surface area (Å²) in [5, 5.41) is 0. The van der Waals surface area contributed by atoms with Crippen molar-refractivity contribution >= 4 is 21.6 Å². The summed E-state index contributed by atoms with van der Waals surface area (Å²) in [7, 11) is -3.22. The minimum absolute atomic E-state index is 0.0680. The molecule has 0 radical (unpaired) electrons. The first-order chi connectivity index (χ1) is 10.9. The lowest BCUT2D eigenvalue weighted by molar-refractivity contribution is -0.123. The van der Waals surface area contributed by atoms with Crippen LogP contribution in [0.2, 0.25) is 0 Å². The van der Waals surface area contributed by atoms with Gasteiger partial charge in [-0.2, -0.15) is 0 Å². The monoisotopic (exact) mass is 336 g/mol. The molecule has 0 bridgehead atoms. The molecule has 23 heavy (non-hydrogen) atoms. The number of sulfonamides is 1. The molecule has 2 aliphatic heterocycles. The van der Waals surface area contributed by atoms with Crippen molar-refractivity contribution in [1.82, 2.24) is 4.31 Å². The molecule has 2 atom stereocenters. The molecule has 0 aliphatic carbocycles. The number of hydrogen-bond donors (Lipinski definition) is 0. The van der Waals surface area contributed by atoms with Gasteiger partial charge in [0.05, 0.1) is 11.7 Å². The SMILES string of the molecule is CCS(=O)(=O)N1CCC[C@@H](C(=O)N2c3ccccc3C[C@@H]2C)C1. The van der Waals surface area contributed by atoms with Crippen molar-refractivity contribution in [3.05, 3.63) is 29.8 Å². The van der Waals surface area contributed by atoms with E-state index in [2.05, 4.69) is 13.0 Å². The molecule has 0 unspecified atom stereocenters. The molecule has 3 rings (SSSR count). The van der Waals surface area contributed by atoms with Crippen LogP contribution in [-0.4, -0.2) is 43.5 Å². The van der Waals surface area contributed by atoms with Crippen molar-refractivity contribution in [2.45, 2.75) is 39.2 Å². The predicted molar refractivity (Wildman–Crippen MR) is 90.9 cm³/mol. The zero-order valence-electron chi connectivity index (χ0n) is 13.7. The number of benzene rings is 1. The topological polar surface area (TPSA) is 57.7 Å². The molecule has 6 heteroatoms. The maximum Gasteiger partial charge on any atom is 0.231 e. The largest absolute Gasteiger partial charge is 0.309 e. The summed E-state index contributed by atoms with van der Waals surface area (Å²) in [4.78, 5) is 14.9. The van der Waals surface area contributed by atoms with Gasteiger partial charge < -0.3 is 4.90 Å². The van der Waals surface area contributed by atoms with Crippen LogP contribution in [0.15, 0.2) is 24.3 Å². The zero-order chi connectivity index (χ0) is 16.6. The fourth-order valence-corrected chi connectivity index (χ4v) is 4.86. The number of para-hydroxylation sites is 1. The lowest BCUT2D eigenvalue weighted by atomic mass is 9.97. The van der Waals surface area contributed by atoms with Gasteiger partial charge in [0.25, 0.3) is 0 Å². The fraction of sp³-hybridized carbons (Fsp3) is 0.588. The van der Waals surface area contributed by atoms with E-state index in [9.17, 15) is 13.2 Å². The number of amides is 1. The van der Waals surface area contributed by atoms with E-state index in [0.29, 0.717) is 13.1 Å². The highest BCUT2D eigenvalue weighted by molar-refractivity contribution is 7.89. The molecular formula is C17H24N2O3S. The van der Waals surface area contributed by atoms with Crippen LogP contribution in [0, 0.1) is 5.92 Å². The minimum atomic E-state index is -3.22. The van der Waals surface area contributed by atoms with E-state index in [-0.39, 0.29) is 23.6 Å². The summed E-state index contributed by atoms with van der Waals surface area (Å²) in [6.45, 7) is 4.56. The lowest BCUT2D eigenvalue weighted by Gasteiger charge is -2.34. The number of hydrogen-bond acceptors (Lipinski definition) is 3. The van der Waals surface area contributed by atoms with Crippen LogP contribution in [0.3, 0.4) is 0 Å². The van der Waals surface area contributed by atoms with Crippen molar-refractivity contribution in [2.24, 2.45) is 5.92 Å². The average molecular weight is 336 g/mol. The number of nitrogens with zero attached hydrogens (tertiary/aromatic N) is 2. The van der Waals surface area contributed by atoms with Crippen LogP contribution in [0.4, 0.5) is 5.69 Å². The van der Waals surface area contributed by atoms with Gasteiger partial charge in [0.2, 0.25) is 15.9 Å². The molecular weight excluding hydrogens is 312 g/mol. The molecule has 1 amide bonds. The van der Waals surface area contributed by atoms with Gasteiger partial charge >= 0.3 is 0 Å².